The van der Waals surface area contributed by atoms with Crippen molar-refractivity contribution in [1.82, 2.24) is 5.32 Å². The normalized spacial score (nSPS) is 31.3. The Morgan fingerprint density at radius 2 is 2.00 bits per heavy atom. The maximum atomic E-state index is 3.98. The molecule has 2 aliphatic rings. The zero-order valence-corrected chi connectivity index (χ0v) is 11.5. The summed E-state index contributed by atoms with van der Waals surface area (Å²) in [7, 11) is 0. The molecule has 3 unspecified atom stereocenters. The minimum absolute atomic E-state index is 0.618. The molecule has 1 saturated carbocycles. The second-order valence-corrected chi connectivity index (χ2v) is 6.02. The van der Waals surface area contributed by atoms with Crippen LogP contribution in [0.1, 0.15) is 62.6 Å². The Labute approximate surface area is 111 Å². The lowest BCUT2D eigenvalue weighted by molar-refractivity contribution is 0.330. The second kappa shape index (κ2) is 5.44. The monoisotopic (exact) mass is 243 g/mol. The van der Waals surface area contributed by atoms with Crippen LogP contribution in [0.3, 0.4) is 0 Å². The molecule has 98 valence electrons. The van der Waals surface area contributed by atoms with Crippen molar-refractivity contribution >= 4 is 0 Å². The van der Waals surface area contributed by atoms with Gasteiger partial charge in [-0.05, 0) is 49.1 Å². The Morgan fingerprint density at radius 3 is 2.89 bits per heavy atom. The van der Waals surface area contributed by atoms with Gasteiger partial charge in [-0.1, -0.05) is 44.0 Å². The van der Waals surface area contributed by atoms with Crippen LogP contribution in [0.25, 0.3) is 0 Å². The van der Waals surface area contributed by atoms with E-state index in [9.17, 15) is 0 Å². The fraction of sp³-hybridized carbons (Fsp3) is 0.647. The van der Waals surface area contributed by atoms with Gasteiger partial charge in [0, 0.05) is 12.1 Å². The van der Waals surface area contributed by atoms with Crippen molar-refractivity contribution in [3.63, 3.8) is 0 Å². The highest BCUT2D eigenvalue weighted by atomic mass is 15.0. The highest BCUT2D eigenvalue weighted by Crippen LogP contribution is 2.34. The van der Waals surface area contributed by atoms with E-state index >= 15 is 0 Å². The molecule has 1 fully saturated rings. The van der Waals surface area contributed by atoms with Gasteiger partial charge >= 0.3 is 0 Å². The van der Waals surface area contributed by atoms with Gasteiger partial charge in [-0.3, -0.25) is 0 Å². The van der Waals surface area contributed by atoms with Gasteiger partial charge in [-0.2, -0.15) is 0 Å². The van der Waals surface area contributed by atoms with Crippen molar-refractivity contribution < 1.29 is 0 Å². The number of aryl methyl sites for hydroxylation is 1. The molecule has 1 aromatic rings. The number of fused-ring (bicyclic) bond motifs is 1. The molecule has 3 rings (SSSR count). The molecule has 0 aliphatic heterocycles. The quantitative estimate of drug-likeness (QED) is 0.837. The van der Waals surface area contributed by atoms with Crippen LogP contribution >= 0.6 is 0 Å². The van der Waals surface area contributed by atoms with Crippen molar-refractivity contribution in [3.8, 4) is 0 Å². The van der Waals surface area contributed by atoms with Crippen LogP contribution in [0.15, 0.2) is 24.3 Å². The third-order valence-electron chi connectivity index (χ3n) is 4.97. The molecule has 18 heavy (non-hydrogen) atoms. The van der Waals surface area contributed by atoms with Crippen LogP contribution in [-0.2, 0) is 6.42 Å². The molecule has 1 heteroatoms. The lowest BCUT2D eigenvalue weighted by Gasteiger charge is -2.31. The van der Waals surface area contributed by atoms with Crippen molar-refractivity contribution in [1.29, 1.82) is 0 Å². The highest BCUT2D eigenvalue weighted by Gasteiger charge is 2.29. The molecular formula is C17H25N. The first-order valence-electron chi connectivity index (χ1n) is 7.72. The number of hydrogen-bond donors (Lipinski definition) is 1. The van der Waals surface area contributed by atoms with E-state index in [-0.39, 0.29) is 0 Å². The molecule has 1 N–H and O–H groups in total. The number of nitrogens with one attached hydrogen (secondary N) is 1. The SMILES string of the molecule is CCC1CCCC1NC1CCCc2ccccc21. The molecule has 0 saturated heterocycles. The molecule has 2 aliphatic carbocycles. The number of benzene rings is 1. The van der Waals surface area contributed by atoms with Crippen LogP contribution in [0.5, 0.6) is 0 Å². The summed E-state index contributed by atoms with van der Waals surface area (Å²) < 4.78 is 0. The molecule has 0 heterocycles. The number of hydrogen-bond acceptors (Lipinski definition) is 1. The third-order valence-corrected chi connectivity index (χ3v) is 4.97. The molecule has 0 spiro atoms. The number of rotatable bonds is 3. The van der Waals surface area contributed by atoms with Crippen molar-refractivity contribution in [2.24, 2.45) is 5.92 Å². The van der Waals surface area contributed by atoms with Gasteiger partial charge in [0.05, 0.1) is 0 Å². The van der Waals surface area contributed by atoms with E-state index in [1.165, 1.54) is 44.9 Å². The van der Waals surface area contributed by atoms with E-state index in [0.717, 1.165) is 12.0 Å². The van der Waals surface area contributed by atoms with E-state index in [1.807, 2.05) is 0 Å². The predicted octanol–water partition coefficient (Wildman–Crippen LogP) is 4.23. The van der Waals surface area contributed by atoms with Crippen molar-refractivity contribution in [2.75, 3.05) is 0 Å². The lowest BCUT2D eigenvalue weighted by atomic mass is 9.86. The van der Waals surface area contributed by atoms with Gasteiger partial charge in [0.1, 0.15) is 0 Å². The maximum absolute atomic E-state index is 3.98. The maximum Gasteiger partial charge on any atom is 0.0325 e. The summed E-state index contributed by atoms with van der Waals surface area (Å²) in [5.74, 6) is 0.916. The lowest BCUT2D eigenvalue weighted by Crippen LogP contribution is -2.36. The first kappa shape index (κ1) is 12.2. The molecule has 0 radical (unpaired) electrons. The van der Waals surface area contributed by atoms with Gasteiger partial charge in [0.15, 0.2) is 0 Å². The summed E-state index contributed by atoms with van der Waals surface area (Å²) in [4.78, 5) is 0. The summed E-state index contributed by atoms with van der Waals surface area (Å²) in [5, 5.41) is 3.98. The van der Waals surface area contributed by atoms with Crippen LogP contribution < -0.4 is 5.32 Å². The topological polar surface area (TPSA) is 12.0 Å². The smallest absolute Gasteiger partial charge is 0.0325 e. The Morgan fingerprint density at radius 1 is 1.11 bits per heavy atom. The Hall–Kier alpha value is -0.820. The molecule has 1 aromatic carbocycles. The van der Waals surface area contributed by atoms with Crippen LogP contribution in [-0.4, -0.2) is 6.04 Å². The van der Waals surface area contributed by atoms with E-state index in [0.29, 0.717) is 6.04 Å². The molecule has 0 aromatic heterocycles. The van der Waals surface area contributed by atoms with Gasteiger partial charge < -0.3 is 5.32 Å². The van der Waals surface area contributed by atoms with Gasteiger partial charge in [-0.15, -0.1) is 0 Å². The molecule has 1 nitrogen and oxygen atoms in total. The van der Waals surface area contributed by atoms with Crippen LogP contribution in [0.2, 0.25) is 0 Å². The summed E-state index contributed by atoms with van der Waals surface area (Å²) in [6, 6.07) is 10.4. The predicted molar refractivity (Wildman–Crippen MR) is 76.7 cm³/mol. The Kier molecular flexibility index (Phi) is 3.69. The summed E-state index contributed by atoms with van der Waals surface area (Å²) in [6.45, 7) is 2.35. The summed E-state index contributed by atoms with van der Waals surface area (Å²) in [6.07, 6.45) is 9.52. The van der Waals surface area contributed by atoms with Gasteiger partial charge in [-0.25, -0.2) is 0 Å². The summed E-state index contributed by atoms with van der Waals surface area (Å²) >= 11 is 0. The minimum atomic E-state index is 0.618. The zero-order valence-electron chi connectivity index (χ0n) is 11.5. The van der Waals surface area contributed by atoms with Crippen LogP contribution in [0.4, 0.5) is 0 Å². The van der Waals surface area contributed by atoms with Crippen molar-refractivity contribution in [3.05, 3.63) is 35.4 Å². The first-order chi connectivity index (χ1) is 8.88. The molecular weight excluding hydrogens is 218 g/mol. The van der Waals surface area contributed by atoms with Gasteiger partial charge in [0.2, 0.25) is 0 Å². The summed E-state index contributed by atoms with van der Waals surface area (Å²) in [5.41, 5.74) is 3.15. The third kappa shape index (κ3) is 2.33. The Balaban J connectivity index is 1.74. The van der Waals surface area contributed by atoms with E-state index in [1.54, 1.807) is 11.1 Å². The van der Waals surface area contributed by atoms with E-state index in [4.69, 9.17) is 0 Å². The van der Waals surface area contributed by atoms with E-state index in [2.05, 4.69) is 36.5 Å². The molecule has 3 atom stereocenters. The fourth-order valence-electron chi connectivity index (χ4n) is 3.93. The zero-order chi connectivity index (χ0) is 12.4. The molecule has 0 bridgehead atoms. The standard InChI is InChI=1S/C17H25N/c1-2-13-8-5-11-16(13)18-17-12-6-9-14-7-3-4-10-15(14)17/h3-4,7,10,13,16-18H,2,5-6,8-9,11-12H2,1H3. The minimum Gasteiger partial charge on any atom is -0.307 e. The fourth-order valence-corrected chi connectivity index (χ4v) is 3.93. The average molecular weight is 243 g/mol. The largest absolute Gasteiger partial charge is 0.307 e. The van der Waals surface area contributed by atoms with Gasteiger partial charge in [0.25, 0.3) is 0 Å². The second-order valence-electron chi connectivity index (χ2n) is 6.02. The van der Waals surface area contributed by atoms with E-state index < -0.39 is 0 Å². The molecule has 0 amide bonds. The average Bonchev–Trinajstić information content (AvgIpc) is 2.86. The Bertz CT molecular complexity index is 398. The van der Waals surface area contributed by atoms with Crippen LogP contribution in [0, 0.1) is 5.92 Å². The first-order valence-corrected chi connectivity index (χ1v) is 7.72. The highest BCUT2D eigenvalue weighted by molar-refractivity contribution is 5.32. The van der Waals surface area contributed by atoms with Crippen molar-refractivity contribution in [2.45, 2.75) is 64.0 Å².